The molecule has 0 spiro atoms. The van der Waals surface area contributed by atoms with Crippen molar-refractivity contribution in [2.45, 2.75) is 5.37 Å². The molecular formula is C25H16Cl2N2O4S. The summed E-state index contributed by atoms with van der Waals surface area (Å²) in [4.78, 5) is 25.1. The third-order valence-electron chi connectivity index (χ3n) is 5.48. The fourth-order valence-electron chi connectivity index (χ4n) is 3.87. The molecule has 0 unspecified atom stereocenters. The average Bonchev–Trinajstić information content (AvgIpc) is 3.23. The molecule has 1 fully saturated rings. The van der Waals surface area contributed by atoms with Crippen LogP contribution in [0.15, 0.2) is 78.9 Å². The Balaban J connectivity index is 1.45. The van der Waals surface area contributed by atoms with Gasteiger partial charge in [0.1, 0.15) is 16.9 Å². The highest BCUT2D eigenvalue weighted by atomic mass is 35.5. The number of anilines is 1. The lowest BCUT2D eigenvalue weighted by molar-refractivity contribution is -0.384. The van der Waals surface area contributed by atoms with Gasteiger partial charge in [0.2, 0.25) is 5.91 Å². The highest BCUT2D eigenvalue weighted by Crippen LogP contribution is 2.45. The zero-order valence-electron chi connectivity index (χ0n) is 17.5. The summed E-state index contributed by atoms with van der Waals surface area (Å²) in [6, 6.07) is 22.8. The summed E-state index contributed by atoms with van der Waals surface area (Å²) >= 11 is 14.5. The van der Waals surface area contributed by atoms with Crippen LogP contribution in [0.5, 0.6) is 11.5 Å². The number of halogens is 2. The van der Waals surface area contributed by atoms with E-state index in [4.69, 9.17) is 27.9 Å². The first kappa shape index (κ1) is 22.5. The van der Waals surface area contributed by atoms with E-state index in [0.29, 0.717) is 32.8 Å². The van der Waals surface area contributed by atoms with Crippen molar-refractivity contribution in [2.24, 2.45) is 0 Å². The lowest BCUT2D eigenvalue weighted by atomic mass is 10.1. The first-order valence-electron chi connectivity index (χ1n) is 10.2. The minimum absolute atomic E-state index is 0.0218. The van der Waals surface area contributed by atoms with Gasteiger partial charge in [0.15, 0.2) is 0 Å². The second-order valence-corrected chi connectivity index (χ2v) is 9.45. The number of nitrogens with zero attached hydrogens (tertiary/aromatic N) is 2. The molecule has 1 amide bonds. The van der Waals surface area contributed by atoms with Crippen LogP contribution in [0.1, 0.15) is 10.9 Å². The molecule has 0 aromatic heterocycles. The fraction of sp³-hybridized carbons (Fsp3) is 0.0800. The fourth-order valence-corrected chi connectivity index (χ4v) is 5.53. The van der Waals surface area contributed by atoms with Gasteiger partial charge in [0, 0.05) is 23.2 Å². The third-order valence-corrected chi connectivity index (χ3v) is 7.37. The van der Waals surface area contributed by atoms with Crippen LogP contribution in [0, 0.1) is 10.1 Å². The van der Waals surface area contributed by atoms with Crippen LogP contribution >= 0.6 is 35.0 Å². The Bertz CT molecular complexity index is 1450. The summed E-state index contributed by atoms with van der Waals surface area (Å²) in [7, 11) is 0. The molecule has 1 atom stereocenters. The Kier molecular flexibility index (Phi) is 6.08. The van der Waals surface area contributed by atoms with E-state index in [2.05, 4.69) is 0 Å². The van der Waals surface area contributed by atoms with Gasteiger partial charge in [-0.1, -0.05) is 65.7 Å². The van der Waals surface area contributed by atoms with Gasteiger partial charge >= 0.3 is 0 Å². The first-order valence-corrected chi connectivity index (χ1v) is 12.1. The van der Waals surface area contributed by atoms with Crippen molar-refractivity contribution in [1.82, 2.24) is 0 Å². The zero-order valence-corrected chi connectivity index (χ0v) is 19.8. The molecule has 1 saturated heterocycles. The Morgan fingerprint density at radius 3 is 2.56 bits per heavy atom. The van der Waals surface area contributed by atoms with E-state index in [0.717, 1.165) is 10.8 Å². The Labute approximate surface area is 209 Å². The van der Waals surface area contributed by atoms with E-state index in [1.807, 2.05) is 30.3 Å². The van der Waals surface area contributed by atoms with Crippen molar-refractivity contribution in [3.05, 3.63) is 105 Å². The van der Waals surface area contributed by atoms with Gasteiger partial charge in [-0.3, -0.25) is 19.8 Å². The van der Waals surface area contributed by atoms with Gasteiger partial charge in [-0.15, -0.1) is 11.8 Å². The van der Waals surface area contributed by atoms with Crippen molar-refractivity contribution in [3.8, 4) is 11.5 Å². The summed E-state index contributed by atoms with van der Waals surface area (Å²) in [5.41, 5.74) is 1.23. The van der Waals surface area contributed by atoms with Crippen LogP contribution in [0.3, 0.4) is 0 Å². The number of hydrogen-bond acceptors (Lipinski definition) is 5. The third kappa shape index (κ3) is 4.18. The molecule has 170 valence electrons. The van der Waals surface area contributed by atoms with E-state index in [1.165, 1.54) is 23.9 Å². The average molecular weight is 511 g/mol. The van der Waals surface area contributed by atoms with Gasteiger partial charge < -0.3 is 4.74 Å². The van der Waals surface area contributed by atoms with Crippen LogP contribution in [0.25, 0.3) is 10.8 Å². The standard InChI is InChI=1S/C25H16Cl2N2O4S/c26-20-13-17(28-23(30)14-34-25(28)16-5-3-6-18(12-16)29(31)32)9-11-21(20)33-22-10-8-15-4-1-2-7-19(15)24(22)27/h1-13,25H,14H2/t25-/m0/s1. The number of fused-ring (bicyclic) bond motifs is 1. The van der Waals surface area contributed by atoms with Gasteiger partial charge in [-0.2, -0.15) is 0 Å². The van der Waals surface area contributed by atoms with Gasteiger partial charge in [0.25, 0.3) is 5.69 Å². The van der Waals surface area contributed by atoms with E-state index in [9.17, 15) is 14.9 Å². The molecule has 1 heterocycles. The number of carbonyl (C=O) groups is 1. The SMILES string of the molecule is O=C1CS[C@@H](c2cccc([N+](=O)[O-])c2)N1c1ccc(Oc2ccc3ccccc3c2Cl)c(Cl)c1. The van der Waals surface area contributed by atoms with Gasteiger partial charge in [-0.25, -0.2) is 0 Å². The molecule has 0 saturated carbocycles. The van der Waals surface area contributed by atoms with Crippen molar-refractivity contribution in [1.29, 1.82) is 0 Å². The lowest BCUT2D eigenvalue weighted by Gasteiger charge is -2.25. The smallest absolute Gasteiger partial charge is 0.269 e. The highest BCUT2D eigenvalue weighted by Gasteiger charge is 2.35. The predicted molar refractivity (Wildman–Crippen MR) is 136 cm³/mol. The molecule has 0 aliphatic carbocycles. The number of nitro groups is 1. The van der Waals surface area contributed by atoms with Crippen LogP contribution in [-0.2, 0) is 4.79 Å². The minimum atomic E-state index is -0.448. The van der Waals surface area contributed by atoms with E-state index >= 15 is 0 Å². The number of ether oxygens (including phenoxy) is 1. The lowest BCUT2D eigenvalue weighted by Crippen LogP contribution is -2.27. The number of amides is 1. The molecule has 4 aromatic carbocycles. The van der Waals surface area contributed by atoms with Crippen molar-refractivity contribution in [2.75, 3.05) is 10.7 Å². The maximum absolute atomic E-state index is 12.7. The van der Waals surface area contributed by atoms with E-state index in [-0.39, 0.29) is 17.3 Å². The molecule has 6 nitrogen and oxygen atoms in total. The van der Waals surface area contributed by atoms with E-state index < -0.39 is 10.3 Å². The van der Waals surface area contributed by atoms with Gasteiger partial charge in [-0.05, 0) is 35.2 Å². The van der Waals surface area contributed by atoms with Crippen molar-refractivity contribution < 1.29 is 14.5 Å². The number of carbonyl (C=O) groups excluding carboxylic acids is 1. The minimum Gasteiger partial charge on any atom is -0.454 e. The molecule has 5 rings (SSSR count). The molecule has 0 radical (unpaired) electrons. The number of rotatable bonds is 5. The Morgan fingerprint density at radius 2 is 1.76 bits per heavy atom. The largest absolute Gasteiger partial charge is 0.454 e. The molecule has 1 aliphatic heterocycles. The van der Waals surface area contributed by atoms with Crippen LogP contribution in [0.4, 0.5) is 11.4 Å². The topological polar surface area (TPSA) is 72.7 Å². The number of thioether (sulfide) groups is 1. The number of hydrogen-bond donors (Lipinski definition) is 0. The van der Waals surface area contributed by atoms with Gasteiger partial charge in [0.05, 0.1) is 20.7 Å². The second kappa shape index (κ2) is 9.18. The van der Waals surface area contributed by atoms with Crippen LogP contribution in [0.2, 0.25) is 10.0 Å². The number of nitro benzene ring substituents is 1. The van der Waals surface area contributed by atoms with Crippen LogP contribution in [-0.4, -0.2) is 16.6 Å². The summed E-state index contributed by atoms with van der Waals surface area (Å²) in [5.74, 6) is 1.02. The maximum atomic E-state index is 12.7. The normalized spacial score (nSPS) is 15.6. The van der Waals surface area contributed by atoms with E-state index in [1.54, 1.807) is 41.3 Å². The summed E-state index contributed by atoms with van der Waals surface area (Å²) in [6.07, 6.45) is 0. The van der Waals surface area contributed by atoms with Crippen molar-refractivity contribution in [3.63, 3.8) is 0 Å². The second-order valence-electron chi connectivity index (χ2n) is 7.59. The predicted octanol–water partition coefficient (Wildman–Crippen LogP) is 7.63. The molecule has 4 aromatic rings. The summed E-state index contributed by atoms with van der Waals surface area (Å²) in [6.45, 7) is 0. The molecule has 1 aliphatic rings. The molecule has 9 heteroatoms. The van der Waals surface area contributed by atoms with Crippen LogP contribution < -0.4 is 9.64 Å². The van der Waals surface area contributed by atoms with Crippen molar-refractivity contribution >= 4 is 63.0 Å². The molecule has 0 N–H and O–H groups in total. The summed E-state index contributed by atoms with van der Waals surface area (Å²) in [5, 5.41) is 13.5. The Hall–Kier alpha value is -3.26. The first-order chi connectivity index (χ1) is 16.4. The quantitative estimate of drug-likeness (QED) is 0.204. The summed E-state index contributed by atoms with van der Waals surface area (Å²) < 4.78 is 6.00. The molecular weight excluding hydrogens is 495 g/mol. The molecule has 34 heavy (non-hydrogen) atoms. The molecule has 0 bridgehead atoms. The Morgan fingerprint density at radius 1 is 0.971 bits per heavy atom. The maximum Gasteiger partial charge on any atom is 0.269 e. The number of benzene rings is 4. The monoisotopic (exact) mass is 510 g/mol. The number of non-ortho nitro benzene ring substituents is 1. The zero-order chi connectivity index (χ0) is 23.8. The highest BCUT2D eigenvalue weighted by molar-refractivity contribution is 8.00.